The van der Waals surface area contributed by atoms with Gasteiger partial charge in [-0.15, -0.1) is 0 Å². The van der Waals surface area contributed by atoms with Crippen LogP contribution in [0.1, 0.15) is 12.8 Å². The van der Waals surface area contributed by atoms with Gasteiger partial charge in [0.1, 0.15) is 5.02 Å². The highest BCUT2D eigenvalue weighted by Crippen LogP contribution is 2.27. The number of aromatic nitrogens is 2. The molecule has 1 N–H and O–H groups in total. The van der Waals surface area contributed by atoms with Gasteiger partial charge in [-0.25, -0.2) is 4.98 Å². The lowest BCUT2D eigenvalue weighted by Gasteiger charge is -2.35. The molecule has 18 heavy (non-hydrogen) atoms. The Hall–Kier alpha value is -0.620. The van der Waals surface area contributed by atoms with E-state index in [0.29, 0.717) is 43.4 Å². The summed E-state index contributed by atoms with van der Waals surface area (Å²) in [7, 11) is 1.82. The van der Waals surface area contributed by atoms with E-state index in [-0.39, 0.29) is 5.28 Å². The summed E-state index contributed by atoms with van der Waals surface area (Å²) in [6, 6.07) is 0. The van der Waals surface area contributed by atoms with Gasteiger partial charge in [-0.1, -0.05) is 11.6 Å². The third-order valence-corrected chi connectivity index (χ3v) is 3.46. The van der Waals surface area contributed by atoms with E-state index in [1.54, 1.807) is 4.90 Å². The lowest BCUT2D eigenvalue weighted by molar-refractivity contribution is -0.0573. The summed E-state index contributed by atoms with van der Waals surface area (Å²) in [5.41, 5.74) is -0.770. The van der Waals surface area contributed by atoms with E-state index in [1.807, 2.05) is 7.05 Å². The van der Waals surface area contributed by atoms with Crippen LogP contribution in [0.5, 0.6) is 0 Å². The van der Waals surface area contributed by atoms with Crippen LogP contribution in [-0.4, -0.2) is 47.5 Å². The molecule has 0 saturated carbocycles. The molecular weight excluding hydrogens is 277 g/mol. The molecule has 0 aliphatic carbocycles. The maximum atomic E-state index is 10.4. The lowest BCUT2D eigenvalue weighted by atomic mass is 9.94. The van der Waals surface area contributed by atoms with Crippen LogP contribution in [0.25, 0.3) is 0 Å². The average molecular weight is 292 g/mol. The molecule has 2 heterocycles. The van der Waals surface area contributed by atoms with E-state index in [1.165, 1.54) is 6.20 Å². The second-order valence-electron chi connectivity index (χ2n) is 4.50. The van der Waals surface area contributed by atoms with Crippen molar-refractivity contribution in [2.75, 3.05) is 31.7 Å². The van der Waals surface area contributed by atoms with Crippen molar-refractivity contribution in [2.24, 2.45) is 0 Å². The van der Waals surface area contributed by atoms with Gasteiger partial charge >= 0.3 is 0 Å². The number of likely N-dealkylation sites (N-methyl/N-ethyl adjacent to an activating group) is 1. The smallest absolute Gasteiger partial charge is 0.224 e. The van der Waals surface area contributed by atoms with Crippen LogP contribution in [0.3, 0.4) is 0 Å². The van der Waals surface area contributed by atoms with Crippen LogP contribution < -0.4 is 4.90 Å². The maximum Gasteiger partial charge on any atom is 0.224 e. The molecule has 1 aliphatic heterocycles. The largest absolute Gasteiger partial charge is 0.388 e. The molecule has 1 aromatic heterocycles. The third kappa shape index (κ3) is 3.23. The molecule has 0 spiro atoms. The zero-order valence-corrected chi connectivity index (χ0v) is 11.6. The van der Waals surface area contributed by atoms with Crippen molar-refractivity contribution < 1.29 is 9.84 Å². The van der Waals surface area contributed by atoms with Crippen LogP contribution in [0.4, 0.5) is 5.82 Å². The molecule has 5 nitrogen and oxygen atoms in total. The first-order chi connectivity index (χ1) is 8.50. The van der Waals surface area contributed by atoms with Gasteiger partial charge in [0.25, 0.3) is 0 Å². The number of anilines is 1. The summed E-state index contributed by atoms with van der Waals surface area (Å²) in [6.07, 6.45) is 2.66. The van der Waals surface area contributed by atoms with Crippen LogP contribution in [0, 0.1) is 0 Å². The third-order valence-electron chi connectivity index (χ3n) is 3.01. The van der Waals surface area contributed by atoms with Crippen molar-refractivity contribution >= 4 is 29.0 Å². The summed E-state index contributed by atoms with van der Waals surface area (Å²) < 4.78 is 5.24. The molecule has 100 valence electrons. The molecule has 0 atom stereocenters. The van der Waals surface area contributed by atoms with Gasteiger partial charge in [0, 0.05) is 39.6 Å². The molecule has 0 aromatic carbocycles. The van der Waals surface area contributed by atoms with Gasteiger partial charge in [-0.05, 0) is 11.6 Å². The van der Waals surface area contributed by atoms with Gasteiger partial charge in [-0.3, -0.25) is 0 Å². The molecule has 1 saturated heterocycles. The van der Waals surface area contributed by atoms with Gasteiger partial charge in [-0.2, -0.15) is 4.98 Å². The van der Waals surface area contributed by atoms with Gasteiger partial charge in [0.15, 0.2) is 5.82 Å². The van der Waals surface area contributed by atoms with E-state index in [9.17, 15) is 5.11 Å². The van der Waals surface area contributed by atoms with Crippen LogP contribution in [-0.2, 0) is 4.74 Å². The maximum absolute atomic E-state index is 10.4. The quantitative estimate of drug-likeness (QED) is 0.860. The molecule has 7 heteroatoms. The number of rotatable bonds is 3. The van der Waals surface area contributed by atoms with Crippen molar-refractivity contribution in [1.82, 2.24) is 9.97 Å². The molecule has 0 amide bonds. The van der Waals surface area contributed by atoms with E-state index < -0.39 is 5.60 Å². The lowest BCUT2D eigenvalue weighted by Crippen LogP contribution is -2.46. The predicted molar refractivity (Wildman–Crippen MR) is 70.3 cm³/mol. The minimum absolute atomic E-state index is 0.139. The fraction of sp³-hybridized carbons (Fsp3) is 0.636. The number of hydrogen-bond acceptors (Lipinski definition) is 5. The summed E-state index contributed by atoms with van der Waals surface area (Å²) in [6.45, 7) is 1.58. The highest BCUT2D eigenvalue weighted by Gasteiger charge is 2.31. The Balaban J connectivity index is 2.11. The van der Waals surface area contributed by atoms with Crippen molar-refractivity contribution in [2.45, 2.75) is 18.4 Å². The molecule has 2 rings (SSSR count). The SMILES string of the molecule is CN(CC1(O)CCOCC1)c1nc(Cl)ncc1Cl. The second-order valence-corrected chi connectivity index (χ2v) is 5.25. The number of aliphatic hydroxyl groups is 1. The Morgan fingerprint density at radius 1 is 1.44 bits per heavy atom. The summed E-state index contributed by atoms with van der Waals surface area (Å²) in [4.78, 5) is 9.67. The molecule has 1 aromatic rings. The van der Waals surface area contributed by atoms with Gasteiger partial charge < -0.3 is 14.7 Å². The van der Waals surface area contributed by atoms with Crippen LogP contribution in [0.15, 0.2) is 6.20 Å². The summed E-state index contributed by atoms with van der Waals surface area (Å²) in [5.74, 6) is 0.525. The fourth-order valence-electron chi connectivity index (χ4n) is 2.03. The number of nitrogens with zero attached hydrogens (tertiary/aromatic N) is 3. The van der Waals surface area contributed by atoms with Crippen molar-refractivity contribution in [1.29, 1.82) is 0 Å². The summed E-state index contributed by atoms with van der Waals surface area (Å²) in [5, 5.41) is 11.0. The molecule has 0 bridgehead atoms. The Morgan fingerprint density at radius 2 is 2.11 bits per heavy atom. The minimum atomic E-state index is -0.770. The first-order valence-electron chi connectivity index (χ1n) is 5.69. The number of hydrogen-bond donors (Lipinski definition) is 1. The molecular formula is C11H15Cl2N3O2. The summed E-state index contributed by atoms with van der Waals surface area (Å²) >= 11 is 11.8. The average Bonchev–Trinajstić information content (AvgIpc) is 2.32. The van der Waals surface area contributed by atoms with Crippen LogP contribution in [0.2, 0.25) is 10.3 Å². The number of halogens is 2. The normalized spacial score (nSPS) is 18.7. The number of ether oxygens (including phenoxy) is 1. The minimum Gasteiger partial charge on any atom is -0.388 e. The highest BCUT2D eigenvalue weighted by molar-refractivity contribution is 6.33. The molecule has 1 aliphatic rings. The second kappa shape index (κ2) is 5.57. The fourth-order valence-corrected chi connectivity index (χ4v) is 2.40. The van der Waals surface area contributed by atoms with Gasteiger partial charge in [0.2, 0.25) is 5.28 Å². The Morgan fingerprint density at radius 3 is 2.78 bits per heavy atom. The van der Waals surface area contributed by atoms with Crippen molar-refractivity contribution in [3.63, 3.8) is 0 Å². The van der Waals surface area contributed by atoms with Crippen LogP contribution >= 0.6 is 23.2 Å². The van der Waals surface area contributed by atoms with Crippen molar-refractivity contribution in [3.05, 3.63) is 16.5 Å². The van der Waals surface area contributed by atoms with E-state index in [0.717, 1.165) is 0 Å². The Labute approximate surface area is 116 Å². The predicted octanol–water partition coefficient (Wildman–Crippen LogP) is 1.76. The molecule has 0 unspecified atom stereocenters. The topological polar surface area (TPSA) is 58.5 Å². The standard InChI is InChI=1S/C11H15Cl2N3O2/c1-16(7-11(17)2-4-18-5-3-11)9-8(12)6-14-10(13)15-9/h6,17H,2-5,7H2,1H3. The first-order valence-corrected chi connectivity index (χ1v) is 6.45. The highest BCUT2D eigenvalue weighted by atomic mass is 35.5. The zero-order chi connectivity index (χ0) is 13.2. The monoisotopic (exact) mass is 291 g/mol. The van der Waals surface area contributed by atoms with Crippen molar-refractivity contribution in [3.8, 4) is 0 Å². The molecule has 0 radical (unpaired) electrons. The van der Waals surface area contributed by atoms with E-state index in [2.05, 4.69) is 9.97 Å². The first kappa shape index (κ1) is 13.8. The Kier molecular flexibility index (Phi) is 4.27. The van der Waals surface area contributed by atoms with E-state index in [4.69, 9.17) is 27.9 Å². The zero-order valence-electron chi connectivity index (χ0n) is 10.1. The van der Waals surface area contributed by atoms with Gasteiger partial charge in [0.05, 0.1) is 11.8 Å². The van der Waals surface area contributed by atoms with E-state index >= 15 is 0 Å². The molecule has 1 fully saturated rings. The Bertz CT molecular complexity index is 425.